The van der Waals surface area contributed by atoms with Crippen molar-refractivity contribution in [2.75, 3.05) is 0 Å². The van der Waals surface area contributed by atoms with E-state index in [1.807, 2.05) is 32.0 Å². The van der Waals surface area contributed by atoms with Crippen molar-refractivity contribution >= 4 is 42.0 Å². The number of rotatable bonds is 4. The number of aryl methyl sites for hydroxylation is 2. The van der Waals surface area contributed by atoms with Gasteiger partial charge in [-0.1, -0.05) is 24.3 Å². The Balaban J connectivity index is 1.75. The smallest absolute Gasteiger partial charge is 0.282 e. The summed E-state index contributed by atoms with van der Waals surface area (Å²) in [6, 6.07) is 17.7. The van der Waals surface area contributed by atoms with Gasteiger partial charge in [-0.15, -0.1) is 0 Å². The first kappa shape index (κ1) is 24.0. The molecule has 2 aromatic heterocycles. The van der Waals surface area contributed by atoms with Gasteiger partial charge in [0, 0.05) is 22.7 Å². The van der Waals surface area contributed by atoms with E-state index in [0.29, 0.717) is 11.0 Å². The molecule has 10 heteroatoms. The molecule has 0 saturated carbocycles. The summed E-state index contributed by atoms with van der Waals surface area (Å²) in [6.45, 7) is 3.81. The highest BCUT2D eigenvalue weighted by atomic mass is 32.2. The van der Waals surface area contributed by atoms with Crippen LogP contribution in [0.15, 0.2) is 82.7 Å². The van der Waals surface area contributed by atoms with E-state index in [-0.39, 0.29) is 9.79 Å². The molecule has 2 heterocycles. The molecule has 36 heavy (non-hydrogen) atoms. The molecule has 0 unspecified atom stereocenters. The van der Waals surface area contributed by atoms with Crippen LogP contribution in [0.2, 0.25) is 0 Å². The quantitative estimate of drug-likeness (QED) is 0.243. The predicted octanol–water partition coefficient (Wildman–Crippen LogP) is 5.23. The number of aromatic nitrogens is 2. The molecule has 3 aromatic carbocycles. The Morgan fingerprint density at radius 3 is 1.72 bits per heavy atom. The summed E-state index contributed by atoms with van der Waals surface area (Å²) in [5, 5.41) is 1.69. The van der Waals surface area contributed by atoms with Crippen LogP contribution in [0.3, 0.4) is 0 Å². The van der Waals surface area contributed by atoms with Gasteiger partial charge in [-0.3, -0.25) is 19.1 Å². The molecule has 0 bridgehead atoms. The van der Waals surface area contributed by atoms with Crippen LogP contribution < -0.4 is 0 Å². The summed E-state index contributed by atoms with van der Waals surface area (Å²) in [6.07, 6.45) is 1.66. The summed E-state index contributed by atoms with van der Waals surface area (Å²) in [4.78, 5) is 9.01. The summed E-state index contributed by atoms with van der Waals surface area (Å²) < 4.78 is 64.4. The first-order valence-corrected chi connectivity index (χ1v) is 13.7. The second-order valence-electron chi connectivity index (χ2n) is 8.48. The van der Waals surface area contributed by atoms with E-state index in [0.717, 1.165) is 44.3 Å². The van der Waals surface area contributed by atoms with Gasteiger partial charge in [0.2, 0.25) is 0 Å². The van der Waals surface area contributed by atoms with Crippen molar-refractivity contribution in [2.24, 2.45) is 0 Å². The Bertz CT molecular complexity index is 1880. The normalized spacial score (nSPS) is 12.3. The van der Waals surface area contributed by atoms with Crippen LogP contribution in [-0.2, 0) is 20.2 Å². The van der Waals surface area contributed by atoms with Crippen molar-refractivity contribution < 1.29 is 25.9 Å². The number of fused-ring (bicyclic) bond motifs is 3. The second-order valence-corrected chi connectivity index (χ2v) is 11.3. The van der Waals surface area contributed by atoms with Crippen LogP contribution in [0.1, 0.15) is 11.3 Å². The monoisotopic (exact) mass is 520 g/mol. The van der Waals surface area contributed by atoms with E-state index in [2.05, 4.69) is 4.98 Å². The van der Waals surface area contributed by atoms with Gasteiger partial charge in [0.1, 0.15) is 0 Å². The van der Waals surface area contributed by atoms with Crippen LogP contribution in [0, 0.1) is 13.8 Å². The third-order valence-corrected chi connectivity index (χ3v) is 7.78. The Labute approximate surface area is 207 Å². The van der Waals surface area contributed by atoms with Gasteiger partial charge in [-0.05, 0) is 84.1 Å². The Morgan fingerprint density at radius 1 is 0.667 bits per heavy atom. The van der Waals surface area contributed by atoms with E-state index in [1.165, 1.54) is 24.3 Å². The lowest BCUT2D eigenvalue weighted by Crippen LogP contribution is -1.98. The standard InChI is InChI=1S/C26H20N2O6S2/c1-15-13-23-22(18-5-9-20(10-6-18)36(32,33)34)14-16(2)28-25(23)26-24(15)21(11-12-27-26)17-3-7-19(8-4-17)35(29,30)31/h3-14H,1-2H3,(H,29,30,31)(H,32,33,34). The van der Waals surface area contributed by atoms with Crippen molar-refractivity contribution in [2.45, 2.75) is 23.6 Å². The molecule has 0 saturated heterocycles. The number of hydrogen-bond acceptors (Lipinski definition) is 6. The molecule has 182 valence electrons. The molecule has 0 radical (unpaired) electrons. The highest BCUT2D eigenvalue weighted by Gasteiger charge is 2.17. The van der Waals surface area contributed by atoms with Gasteiger partial charge < -0.3 is 0 Å². The molecule has 0 aliphatic carbocycles. The average Bonchev–Trinajstić information content (AvgIpc) is 2.83. The number of pyridine rings is 2. The average molecular weight is 521 g/mol. The molecule has 0 amide bonds. The largest absolute Gasteiger partial charge is 0.294 e. The Kier molecular flexibility index (Phi) is 5.64. The molecule has 8 nitrogen and oxygen atoms in total. The summed E-state index contributed by atoms with van der Waals surface area (Å²) in [5.41, 5.74) is 6.19. The van der Waals surface area contributed by atoms with Crippen molar-refractivity contribution in [1.29, 1.82) is 0 Å². The number of benzene rings is 3. The third kappa shape index (κ3) is 4.24. The Hall–Kier alpha value is -3.70. The maximum atomic E-state index is 11.4. The minimum absolute atomic E-state index is 0.186. The molecule has 0 aliphatic rings. The zero-order valence-corrected chi connectivity index (χ0v) is 20.8. The highest BCUT2D eigenvalue weighted by Crippen LogP contribution is 2.38. The van der Waals surface area contributed by atoms with Crippen molar-refractivity contribution in [1.82, 2.24) is 9.97 Å². The van der Waals surface area contributed by atoms with Gasteiger partial charge in [0.15, 0.2) is 0 Å². The van der Waals surface area contributed by atoms with Crippen molar-refractivity contribution in [3.63, 3.8) is 0 Å². The molecule has 5 rings (SSSR count). The van der Waals surface area contributed by atoms with Crippen LogP contribution in [0.4, 0.5) is 0 Å². The van der Waals surface area contributed by atoms with E-state index in [9.17, 15) is 25.9 Å². The first-order valence-electron chi connectivity index (χ1n) is 10.8. The fourth-order valence-electron chi connectivity index (χ4n) is 4.43. The molecule has 0 aliphatic heterocycles. The van der Waals surface area contributed by atoms with Gasteiger partial charge in [-0.2, -0.15) is 16.8 Å². The van der Waals surface area contributed by atoms with Crippen LogP contribution in [-0.4, -0.2) is 35.9 Å². The summed E-state index contributed by atoms with van der Waals surface area (Å²) >= 11 is 0. The summed E-state index contributed by atoms with van der Waals surface area (Å²) in [5.74, 6) is 0. The Morgan fingerprint density at radius 2 is 1.19 bits per heavy atom. The fourth-order valence-corrected chi connectivity index (χ4v) is 5.39. The minimum atomic E-state index is -4.30. The topological polar surface area (TPSA) is 135 Å². The zero-order chi connectivity index (χ0) is 25.8. The van der Waals surface area contributed by atoms with Crippen molar-refractivity contribution in [3.8, 4) is 22.3 Å². The van der Waals surface area contributed by atoms with Crippen LogP contribution >= 0.6 is 0 Å². The lowest BCUT2D eigenvalue weighted by Gasteiger charge is -2.15. The molecule has 0 atom stereocenters. The number of nitrogens with zero attached hydrogens (tertiary/aromatic N) is 2. The molecule has 0 spiro atoms. The van der Waals surface area contributed by atoms with Crippen LogP contribution in [0.25, 0.3) is 44.1 Å². The second kappa shape index (κ2) is 8.45. The highest BCUT2D eigenvalue weighted by molar-refractivity contribution is 7.86. The van der Waals surface area contributed by atoms with Gasteiger partial charge in [-0.25, -0.2) is 0 Å². The predicted molar refractivity (Wildman–Crippen MR) is 137 cm³/mol. The maximum absolute atomic E-state index is 11.4. The molecule has 5 aromatic rings. The fraction of sp³-hybridized carbons (Fsp3) is 0.0769. The third-order valence-electron chi connectivity index (χ3n) is 6.04. The van der Waals surface area contributed by atoms with Gasteiger partial charge in [0.05, 0.1) is 20.8 Å². The zero-order valence-electron chi connectivity index (χ0n) is 19.2. The summed E-state index contributed by atoms with van der Waals surface area (Å²) in [7, 11) is -8.60. The van der Waals surface area contributed by atoms with E-state index in [4.69, 9.17) is 4.98 Å². The molecular formula is C26H20N2O6S2. The van der Waals surface area contributed by atoms with E-state index >= 15 is 0 Å². The SMILES string of the molecule is Cc1cc(-c2ccc(S(=O)(=O)O)cc2)c2cc(C)c3c(-c4ccc(S(=O)(=O)O)cc4)ccnc3c2n1. The first-order chi connectivity index (χ1) is 16.9. The molecule has 0 fully saturated rings. The number of hydrogen-bond donors (Lipinski definition) is 2. The lowest BCUT2D eigenvalue weighted by atomic mass is 9.93. The lowest BCUT2D eigenvalue weighted by molar-refractivity contribution is 0.481. The van der Waals surface area contributed by atoms with Crippen molar-refractivity contribution in [3.05, 3.63) is 84.2 Å². The van der Waals surface area contributed by atoms with Crippen LogP contribution in [0.5, 0.6) is 0 Å². The van der Waals surface area contributed by atoms with Gasteiger partial charge in [0.25, 0.3) is 20.2 Å². The van der Waals surface area contributed by atoms with E-state index in [1.54, 1.807) is 30.5 Å². The molecular weight excluding hydrogens is 500 g/mol. The van der Waals surface area contributed by atoms with Gasteiger partial charge >= 0.3 is 0 Å². The minimum Gasteiger partial charge on any atom is -0.282 e. The maximum Gasteiger partial charge on any atom is 0.294 e. The molecule has 2 N–H and O–H groups in total. The van der Waals surface area contributed by atoms with E-state index < -0.39 is 20.2 Å².